The number of benzene rings is 1. The maximum atomic E-state index is 12.8. The van der Waals surface area contributed by atoms with Gasteiger partial charge in [-0.2, -0.15) is 0 Å². The van der Waals surface area contributed by atoms with Gasteiger partial charge in [0, 0.05) is 25.1 Å². The largest absolute Gasteiger partial charge is 0.507 e. The van der Waals surface area contributed by atoms with Crippen LogP contribution in [0.3, 0.4) is 0 Å². The topological polar surface area (TPSA) is 150 Å². The molecule has 2 aliphatic rings. The molecule has 4 N–H and O–H groups in total. The smallest absolute Gasteiger partial charge is 0.342 e. The third-order valence-electron chi connectivity index (χ3n) is 5.05. The van der Waals surface area contributed by atoms with Crippen LogP contribution in [0, 0.1) is 0 Å². The zero-order valence-corrected chi connectivity index (χ0v) is 17.9. The van der Waals surface area contributed by atoms with Crippen LogP contribution in [0.15, 0.2) is 53.9 Å². The van der Waals surface area contributed by atoms with E-state index in [-0.39, 0.29) is 24.2 Å². The minimum Gasteiger partial charge on any atom is -0.507 e. The Hall–Kier alpha value is -3.47. The Labute approximate surface area is 190 Å². The fraction of sp³-hybridized carbons (Fsp3) is 0.348. The van der Waals surface area contributed by atoms with Crippen LogP contribution in [0.4, 0.5) is 0 Å². The van der Waals surface area contributed by atoms with Crippen molar-refractivity contribution in [2.75, 3.05) is 7.11 Å². The number of oxime groups is 1. The number of aromatic hydroxyl groups is 1. The molecule has 33 heavy (non-hydrogen) atoms. The number of esters is 1. The molecule has 3 rings (SSSR count). The van der Waals surface area contributed by atoms with Gasteiger partial charge in [-0.1, -0.05) is 35.5 Å². The minimum atomic E-state index is -0.981. The molecule has 1 saturated heterocycles. The van der Waals surface area contributed by atoms with Crippen molar-refractivity contribution in [3.63, 3.8) is 0 Å². The Balaban J connectivity index is 1.72. The number of allylic oxidation sites excluding steroid dienone is 1. The lowest BCUT2D eigenvalue weighted by molar-refractivity contribution is -0.115. The van der Waals surface area contributed by atoms with Gasteiger partial charge >= 0.3 is 5.97 Å². The number of nitrogens with zero attached hydrogens (tertiary/aromatic N) is 1. The number of hydrogen-bond acceptors (Lipinski definition) is 9. The second-order valence-corrected chi connectivity index (χ2v) is 7.43. The van der Waals surface area contributed by atoms with Gasteiger partial charge in [0.05, 0.1) is 12.3 Å². The van der Waals surface area contributed by atoms with Gasteiger partial charge in [0.25, 0.3) is 0 Å². The third kappa shape index (κ3) is 6.75. The van der Waals surface area contributed by atoms with E-state index in [1.807, 2.05) is 0 Å². The summed E-state index contributed by atoms with van der Waals surface area (Å²) in [5, 5.41) is 37.0. The van der Waals surface area contributed by atoms with Crippen LogP contribution in [0.1, 0.15) is 28.8 Å². The Kier molecular flexibility index (Phi) is 8.36. The lowest BCUT2D eigenvalue weighted by Crippen LogP contribution is -2.30. The molecular weight excluding hydrogens is 432 g/mol. The number of carbonyl (C=O) groups is 2. The maximum Gasteiger partial charge on any atom is 0.342 e. The van der Waals surface area contributed by atoms with Crippen LogP contribution in [-0.2, 0) is 19.1 Å². The number of fused-ring (bicyclic) bond motifs is 2. The van der Waals surface area contributed by atoms with Crippen molar-refractivity contribution in [3.8, 4) is 5.75 Å². The molecule has 1 aromatic carbocycles. The highest BCUT2D eigenvalue weighted by molar-refractivity contribution is 5.96. The summed E-state index contributed by atoms with van der Waals surface area (Å²) in [6.45, 7) is 0. The lowest BCUT2D eigenvalue weighted by Gasteiger charge is -2.20. The number of hydrogen-bond donors (Lipinski definition) is 4. The van der Waals surface area contributed by atoms with Crippen LogP contribution in [0.5, 0.6) is 5.75 Å². The van der Waals surface area contributed by atoms with Crippen LogP contribution < -0.4 is 5.32 Å². The number of aliphatic hydroxyl groups is 2. The van der Waals surface area contributed by atoms with Crippen molar-refractivity contribution in [1.82, 2.24) is 5.32 Å². The summed E-state index contributed by atoms with van der Waals surface area (Å²) in [5.41, 5.74) is 0.331. The van der Waals surface area contributed by atoms with Crippen molar-refractivity contribution in [3.05, 3.63) is 59.8 Å². The van der Waals surface area contributed by atoms with Crippen LogP contribution in [-0.4, -0.2) is 71.0 Å². The van der Waals surface area contributed by atoms with Crippen molar-refractivity contribution in [2.45, 2.75) is 43.4 Å². The molecule has 1 fully saturated rings. The summed E-state index contributed by atoms with van der Waals surface area (Å²) in [7, 11) is 1.38. The average Bonchev–Trinajstić information content (AvgIpc) is 3.58. The molecule has 5 atom stereocenters. The number of amides is 1. The molecule has 0 bridgehead atoms. The molecule has 0 spiro atoms. The Bertz CT molecular complexity index is 971. The summed E-state index contributed by atoms with van der Waals surface area (Å²) in [4.78, 5) is 29.0. The number of nitrogens with one attached hydrogen (secondary N) is 1. The van der Waals surface area contributed by atoms with E-state index in [4.69, 9.17) is 9.47 Å². The summed E-state index contributed by atoms with van der Waals surface area (Å²) in [6.07, 6.45) is 6.20. The summed E-state index contributed by atoms with van der Waals surface area (Å²) >= 11 is 0. The number of ether oxygens (including phenoxy) is 2. The number of epoxide rings is 1. The van der Waals surface area contributed by atoms with E-state index in [0.717, 1.165) is 0 Å². The zero-order valence-electron chi connectivity index (χ0n) is 17.9. The van der Waals surface area contributed by atoms with Gasteiger partial charge in [-0.15, -0.1) is 0 Å². The number of rotatable bonds is 6. The monoisotopic (exact) mass is 458 g/mol. The number of phenolic OH excluding ortho intramolecular Hbond substituents is 1. The van der Waals surface area contributed by atoms with E-state index in [9.17, 15) is 24.9 Å². The number of aliphatic hydroxyl groups excluding tert-OH is 2. The van der Waals surface area contributed by atoms with Crippen LogP contribution in [0.2, 0.25) is 0 Å². The molecule has 1 aromatic rings. The van der Waals surface area contributed by atoms with Gasteiger partial charge in [0.1, 0.15) is 42.8 Å². The minimum absolute atomic E-state index is 0.0396. The maximum absolute atomic E-state index is 12.8. The molecule has 0 aromatic heterocycles. The first-order valence-corrected chi connectivity index (χ1v) is 10.3. The standard InChI is InChI=1S/C23H26N2O8/c1-31-25-12-4-8-19(29)24-11-3-6-15-13-18(28)22-21(33-22)17(27)10-9-14-5-2-7-16(26)20(14)23(30)32-15/h2-5,7-12,15,17-18,21-22,26-28H,6,13H2,1H3,(H,24,29)/b8-4+,10-9+,11-3+,25-12+/t15?,17?,18?,21-,22+/m0/s1. The first-order chi connectivity index (χ1) is 15.9. The second-order valence-electron chi connectivity index (χ2n) is 7.43. The molecule has 2 aliphatic heterocycles. The lowest BCUT2D eigenvalue weighted by atomic mass is 10.00. The molecule has 10 heteroatoms. The van der Waals surface area contributed by atoms with Gasteiger partial charge in [0.2, 0.25) is 5.91 Å². The fourth-order valence-electron chi connectivity index (χ4n) is 3.39. The van der Waals surface area contributed by atoms with Gasteiger partial charge < -0.3 is 34.9 Å². The number of phenols is 1. The first kappa shape index (κ1) is 24.2. The Morgan fingerprint density at radius 2 is 2.15 bits per heavy atom. The highest BCUT2D eigenvalue weighted by Crippen LogP contribution is 2.33. The van der Waals surface area contributed by atoms with Crippen molar-refractivity contribution in [2.24, 2.45) is 5.16 Å². The van der Waals surface area contributed by atoms with Crippen LogP contribution >= 0.6 is 0 Å². The molecule has 2 heterocycles. The molecule has 0 aliphatic carbocycles. The quantitative estimate of drug-likeness (QED) is 0.162. The third-order valence-corrected chi connectivity index (χ3v) is 5.05. The molecular formula is C23H26N2O8. The number of carbonyl (C=O) groups excluding carboxylic acids is 2. The van der Waals surface area contributed by atoms with E-state index < -0.39 is 42.4 Å². The van der Waals surface area contributed by atoms with Crippen molar-refractivity contribution < 1.29 is 39.2 Å². The molecule has 1 amide bonds. The van der Waals surface area contributed by atoms with Gasteiger partial charge in [-0.05, 0) is 17.7 Å². The zero-order chi connectivity index (χ0) is 23.8. The van der Waals surface area contributed by atoms with Gasteiger partial charge in [-0.25, -0.2) is 4.79 Å². The Morgan fingerprint density at radius 1 is 1.33 bits per heavy atom. The average molecular weight is 458 g/mol. The van der Waals surface area contributed by atoms with E-state index in [1.54, 1.807) is 18.2 Å². The predicted octanol–water partition coefficient (Wildman–Crippen LogP) is 1.03. The van der Waals surface area contributed by atoms with Crippen molar-refractivity contribution >= 4 is 24.2 Å². The van der Waals surface area contributed by atoms with E-state index in [0.29, 0.717) is 5.56 Å². The summed E-state index contributed by atoms with van der Waals surface area (Å²) < 4.78 is 11.0. The summed E-state index contributed by atoms with van der Waals surface area (Å²) in [5.74, 6) is -1.44. The SMILES string of the molecule is CO/N=C/C=C/C(=O)N/C=C/CC1CC(O)[C@H]2O[C@H]2C(O)/C=C/c2cccc(O)c2C(=O)O1. The highest BCUT2D eigenvalue weighted by atomic mass is 16.6. The van der Waals surface area contributed by atoms with E-state index >= 15 is 0 Å². The first-order valence-electron chi connectivity index (χ1n) is 10.3. The Morgan fingerprint density at radius 3 is 2.94 bits per heavy atom. The summed E-state index contributed by atoms with van der Waals surface area (Å²) in [6, 6.07) is 4.55. The van der Waals surface area contributed by atoms with E-state index in [2.05, 4.69) is 15.3 Å². The van der Waals surface area contributed by atoms with Crippen molar-refractivity contribution in [1.29, 1.82) is 0 Å². The van der Waals surface area contributed by atoms with Gasteiger partial charge in [0.15, 0.2) is 0 Å². The predicted molar refractivity (Wildman–Crippen MR) is 118 cm³/mol. The molecule has 3 unspecified atom stereocenters. The molecule has 0 saturated carbocycles. The number of cyclic esters (lactones) is 1. The molecule has 176 valence electrons. The fourth-order valence-corrected chi connectivity index (χ4v) is 3.39. The highest BCUT2D eigenvalue weighted by Gasteiger charge is 2.48. The molecule has 0 radical (unpaired) electrons. The van der Waals surface area contributed by atoms with E-state index in [1.165, 1.54) is 49.9 Å². The normalized spacial score (nSPS) is 28.5. The van der Waals surface area contributed by atoms with Crippen LogP contribution in [0.25, 0.3) is 6.08 Å². The molecule has 10 nitrogen and oxygen atoms in total. The van der Waals surface area contributed by atoms with Gasteiger partial charge in [-0.3, -0.25) is 4.79 Å². The second kappa shape index (κ2) is 11.4.